The number of benzene rings is 2. The number of ether oxygens (including phenoxy) is 4. The molecular weight excluding hydrogens is 398 g/mol. The van der Waals surface area contributed by atoms with Crippen molar-refractivity contribution in [1.82, 2.24) is 10.2 Å². The summed E-state index contributed by atoms with van der Waals surface area (Å²) in [6.07, 6.45) is 0. The second-order valence-corrected chi connectivity index (χ2v) is 6.77. The summed E-state index contributed by atoms with van der Waals surface area (Å²) >= 11 is 1.14. The van der Waals surface area contributed by atoms with Gasteiger partial charge in [-0.05, 0) is 30.3 Å². The molecule has 150 valence electrons. The standard InChI is InChI=1S/C19H17N3O6S/c1-24-13-6-4-12(8-15(13)25-2)20-17(23)9-29-19-22-21-18(28-19)11-3-5-14-16(7-11)27-10-26-14/h3-8H,9-10H2,1-2H3,(H,20,23). The molecule has 1 N–H and O–H groups in total. The molecule has 9 nitrogen and oxygen atoms in total. The molecule has 3 aromatic rings. The van der Waals surface area contributed by atoms with Crippen LogP contribution in [-0.4, -0.2) is 42.9 Å². The number of fused-ring (bicyclic) bond motifs is 1. The van der Waals surface area contributed by atoms with Crippen LogP contribution in [0, 0.1) is 0 Å². The molecule has 10 heteroatoms. The summed E-state index contributed by atoms with van der Waals surface area (Å²) in [6, 6.07) is 10.5. The van der Waals surface area contributed by atoms with Gasteiger partial charge in [-0.1, -0.05) is 11.8 Å². The molecule has 0 saturated heterocycles. The third-order valence-corrected chi connectivity index (χ3v) is 4.84. The summed E-state index contributed by atoms with van der Waals surface area (Å²) in [4.78, 5) is 12.2. The smallest absolute Gasteiger partial charge is 0.277 e. The highest BCUT2D eigenvalue weighted by Gasteiger charge is 2.17. The molecule has 29 heavy (non-hydrogen) atoms. The number of carbonyl (C=O) groups is 1. The van der Waals surface area contributed by atoms with Crippen LogP contribution in [0.25, 0.3) is 11.5 Å². The van der Waals surface area contributed by atoms with Crippen LogP contribution in [-0.2, 0) is 4.79 Å². The SMILES string of the molecule is COc1ccc(NC(=O)CSc2nnc(-c3ccc4c(c3)OCO4)o2)cc1OC. The molecule has 0 aliphatic carbocycles. The minimum atomic E-state index is -0.218. The normalized spacial score (nSPS) is 11.9. The number of rotatable bonds is 7. The third-order valence-electron chi connectivity index (χ3n) is 4.02. The zero-order chi connectivity index (χ0) is 20.2. The molecule has 4 rings (SSSR count). The maximum absolute atomic E-state index is 12.2. The molecule has 1 aliphatic rings. The van der Waals surface area contributed by atoms with Gasteiger partial charge in [-0.3, -0.25) is 4.79 Å². The number of aromatic nitrogens is 2. The van der Waals surface area contributed by atoms with Crippen LogP contribution < -0.4 is 24.3 Å². The number of carbonyl (C=O) groups excluding carboxylic acids is 1. The maximum atomic E-state index is 12.2. The minimum Gasteiger partial charge on any atom is -0.493 e. The van der Waals surface area contributed by atoms with Crippen molar-refractivity contribution in [2.24, 2.45) is 0 Å². The molecule has 2 heterocycles. The van der Waals surface area contributed by atoms with E-state index in [4.69, 9.17) is 23.4 Å². The quantitative estimate of drug-likeness (QED) is 0.582. The van der Waals surface area contributed by atoms with Crippen molar-refractivity contribution in [3.8, 4) is 34.5 Å². The minimum absolute atomic E-state index is 0.108. The fourth-order valence-electron chi connectivity index (χ4n) is 2.65. The van der Waals surface area contributed by atoms with Crippen LogP contribution in [0.5, 0.6) is 23.0 Å². The fourth-order valence-corrected chi connectivity index (χ4v) is 3.22. The van der Waals surface area contributed by atoms with Crippen LogP contribution in [0.3, 0.4) is 0 Å². The Balaban J connectivity index is 1.35. The number of nitrogens with zero attached hydrogens (tertiary/aromatic N) is 2. The Morgan fingerprint density at radius 3 is 2.72 bits per heavy atom. The topological polar surface area (TPSA) is 105 Å². The summed E-state index contributed by atoms with van der Waals surface area (Å²) in [7, 11) is 3.08. The van der Waals surface area contributed by atoms with Crippen molar-refractivity contribution in [2.75, 3.05) is 32.1 Å². The van der Waals surface area contributed by atoms with E-state index in [0.717, 1.165) is 11.8 Å². The van der Waals surface area contributed by atoms with Gasteiger partial charge >= 0.3 is 0 Å². The van der Waals surface area contributed by atoms with Gasteiger partial charge in [0.25, 0.3) is 5.22 Å². The predicted octanol–water partition coefficient (Wildman–Crippen LogP) is 3.21. The maximum Gasteiger partial charge on any atom is 0.277 e. The van der Waals surface area contributed by atoms with Gasteiger partial charge in [-0.15, -0.1) is 10.2 Å². The van der Waals surface area contributed by atoms with Gasteiger partial charge in [-0.25, -0.2) is 0 Å². The van der Waals surface area contributed by atoms with Crippen molar-refractivity contribution in [1.29, 1.82) is 0 Å². The van der Waals surface area contributed by atoms with Gasteiger partial charge in [0.2, 0.25) is 18.6 Å². The monoisotopic (exact) mass is 415 g/mol. The van der Waals surface area contributed by atoms with E-state index in [1.165, 1.54) is 7.11 Å². The van der Waals surface area contributed by atoms with E-state index in [1.807, 2.05) is 0 Å². The number of hydrogen-bond donors (Lipinski definition) is 1. The first-order valence-corrected chi connectivity index (χ1v) is 9.53. The predicted molar refractivity (Wildman–Crippen MR) is 105 cm³/mol. The van der Waals surface area contributed by atoms with E-state index in [9.17, 15) is 4.79 Å². The van der Waals surface area contributed by atoms with Gasteiger partial charge < -0.3 is 28.7 Å². The lowest BCUT2D eigenvalue weighted by Gasteiger charge is -2.10. The Morgan fingerprint density at radius 1 is 1.07 bits per heavy atom. The molecule has 0 saturated carbocycles. The van der Waals surface area contributed by atoms with Gasteiger partial charge in [-0.2, -0.15) is 0 Å². The van der Waals surface area contributed by atoms with Gasteiger partial charge in [0.1, 0.15) is 0 Å². The van der Waals surface area contributed by atoms with Crippen LogP contribution in [0.1, 0.15) is 0 Å². The largest absolute Gasteiger partial charge is 0.493 e. The highest BCUT2D eigenvalue weighted by atomic mass is 32.2. The first-order valence-electron chi connectivity index (χ1n) is 8.54. The molecule has 1 aliphatic heterocycles. The van der Waals surface area contributed by atoms with Crippen molar-refractivity contribution >= 4 is 23.4 Å². The number of thioether (sulfide) groups is 1. The number of hydrogen-bond acceptors (Lipinski definition) is 9. The molecule has 1 aromatic heterocycles. The lowest BCUT2D eigenvalue weighted by Crippen LogP contribution is -2.14. The second-order valence-electron chi connectivity index (χ2n) is 5.85. The zero-order valence-corrected chi connectivity index (χ0v) is 16.4. The van der Waals surface area contributed by atoms with Crippen LogP contribution >= 0.6 is 11.8 Å². The van der Waals surface area contributed by atoms with Gasteiger partial charge in [0, 0.05) is 17.3 Å². The lowest BCUT2D eigenvalue weighted by atomic mass is 10.2. The van der Waals surface area contributed by atoms with Crippen molar-refractivity contribution in [3.05, 3.63) is 36.4 Å². The molecule has 0 atom stereocenters. The van der Waals surface area contributed by atoms with Crippen molar-refractivity contribution in [2.45, 2.75) is 5.22 Å². The van der Waals surface area contributed by atoms with E-state index in [-0.39, 0.29) is 18.5 Å². The Labute approximate surface area is 170 Å². The van der Waals surface area contributed by atoms with Crippen molar-refractivity contribution in [3.63, 3.8) is 0 Å². The summed E-state index contributed by atoms with van der Waals surface area (Å²) in [5.41, 5.74) is 1.31. The first-order chi connectivity index (χ1) is 14.2. The Bertz CT molecular complexity index is 1040. The molecule has 0 bridgehead atoms. The molecule has 0 fully saturated rings. The van der Waals surface area contributed by atoms with E-state index in [2.05, 4.69) is 15.5 Å². The van der Waals surface area contributed by atoms with Gasteiger partial charge in [0.15, 0.2) is 23.0 Å². The Hall–Kier alpha value is -3.40. The zero-order valence-electron chi connectivity index (χ0n) is 15.6. The highest BCUT2D eigenvalue weighted by molar-refractivity contribution is 7.99. The Kier molecular flexibility index (Phi) is 5.43. The molecular formula is C19H17N3O6S. The molecule has 1 amide bonds. The van der Waals surface area contributed by atoms with Crippen LogP contribution in [0.15, 0.2) is 46.0 Å². The highest BCUT2D eigenvalue weighted by Crippen LogP contribution is 2.36. The second kappa shape index (κ2) is 8.31. The molecule has 0 unspecified atom stereocenters. The van der Waals surface area contributed by atoms with E-state index in [1.54, 1.807) is 43.5 Å². The van der Waals surface area contributed by atoms with Gasteiger partial charge in [0.05, 0.1) is 20.0 Å². The summed E-state index contributed by atoms with van der Waals surface area (Å²) in [5, 5.41) is 11.1. The number of nitrogens with one attached hydrogen (secondary N) is 1. The van der Waals surface area contributed by atoms with E-state index in [0.29, 0.717) is 45.4 Å². The number of amides is 1. The number of methoxy groups -OCH3 is 2. The molecule has 0 radical (unpaired) electrons. The molecule has 0 spiro atoms. The Morgan fingerprint density at radius 2 is 1.90 bits per heavy atom. The number of anilines is 1. The third kappa shape index (κ3) is 4.21. The fraction of sp³-hybridized carbons (Fsp3) is 0.211. The van der Waals surface area contributed by atoms with Crippen LogP contribution in [0.2, 0.25) is 0 Å². The van der Waals surface area contributed by atoms with E-state index >= 15 is 0 Å². The summed E-state index contributed by atoms with van der Waals surface area (Å²) < 4.78 is 26.7. The lowest BCUT2D eigenvalue weighted by molar-refractivity contribution is -0.113. The average Bonchev–Trinajstić information content (AvgIpc) is 3.41. The molecule has 2 aromatic carbocycles. The first kappa shape index (κ1) is 18.9. The van der Waals surface area contributed by atoms with Crippen LogP contribution in [0.4, 0.5) is 5.69 Å². The summed E-state index contributed by atoms with van der Waals surface area (Å²) in [5.74, 6) is 2.65. The van der Waals surface area contributed by atoms with Crippen molar-refractivity contribution < 1.29 is 28.2 Å². The summed E-state index contributed by atoms with van der Waals surface area (Å²) in [6.45, 7) is 0.193. The van der Waals surface area contributed by atoms with E-state index < -0.39 is 0 Å². The average molecular weight is 415 g/mol.